The van der Waals surface area contributed by atoms with Gasteiger partial charge in [-0.15, -0.1) is 0 Å². The van der Waals surface area contributed by atoms with Crippen molar-refractivity contribution in [2.45, 2.75) is 38.5 Å². The molecule has 0 spiro atoms. The molecule has 0 amide bonds. The Kier molecular flexibility index (Phi) is 6.48. The number of methoxy groups -OCH3 is 1. The first kappa shape index (κ1) is 24.0. The average Bonchev–Trinajstić information content (AvgIpc) is 3.23. The number of anilines is 1. The first-order valence-electron chi connectivity index (χ1n) is 11.6. The molecule has 1 saturated heterocycles. The van der Waals surface area contributed by atoms with Crippen LogP contribution in [0.15, 0.2) is 42.7 Å². The van der Waals surface area contributed by atoms with Crippen LogP contribution in [-0.2, 0) is 17.5 Å². The van der Waals surface area contributed by atoms with Gasteiger partial charge in [0.2, 0.25) is 0 Å². The monoisotopic (exact) mass is 498 g/mol. The van der Waals surface area contributed by atoms with Crippen molar-refractivity contribution < 1.29 is 22.6 Å². The molecule has 3 aromatic heterocycles. The van der Waals surface area contributed by atoms with E-state index in [4.69, 9.17) is 19.6 Å². The SMILES string of the molecule is COc1ccc(Cn2nc(-c3cc(C(F)(F)F)ncn3)c3c(NC4CCOCC4)nc(C)cc32)cc1. The van der Waals surface area contributed by atoms with Gasteiger partial charge < -0.3 is 14.8 Å². The number of ether oxygens (including phenoxy) is 2. The number of benzene rings is 1. The summed E-state index contributed by atoms with van der Waals surface area (Å²) in [5, 5.41) is 8.84. The van der Waals surface area contributed by atoms with Gasteiger partial charge in [0.15, 0.2) is 0 Å². The highest BCUT2D eigenvalue weighted by molar-refractivity contribution is 6.00. The molecule has 0 atom stereocenters. The standard InChI is InChI=1S/C25H25F3N6O2/c1-15-11-20-22(24(31-15)32-17-7-9-36-10-8-17)23(19-12-21(25(26,27)28)30-14-29-19)33-34(20)13-16-3-5-18(35-2)6-4-16/h3-6,11-12,14,17H,7-10,13H2,1-2H3,(H,31,32). The van der Waals surface area contributed by atoms with E-state index >= 15 is 0 Å². The molecule has 1 fully saturated rings. The number of nitrogens with one attached hydrogen (secondary N) is 1. The maximum Gasteiger partial charge on any atom is 0.433 e. The van der Waals surface area contributed by atoms with Gasteiger partial charge in [0.05, 0.1) is 30.3 Å². The summed E-state index contributed by atoms with van der Waals surface area (Å²) >= 11 is 0. The van der Waals surface area contributed by atoms with Crippen LogP contribution in [0.4, 0.5) is 19.0 Å². The summed E-state index contributed by atoms with van der Waals surface area (Å²) in [5.74, 6) is 1.30. The summed E-state index contributed by atoms with van der Waals surface area (Å²) in [4.78, 5) is 12.3. The number of alkyl halides is 3. The van der Waals surface area contributed by atoms with E-state index < -0.39 is 11.9 Å². The Morgan fingerprint density at radius 3 is 2.56 bits per heavy atom. The Morgan fingerprint density at radius 2 is 1.86 bits per heavy atom. The van der Waals surface area contributed by atoms with Crippen molar-refractivity contribution in [2.24, 2.45) is 0 Å². The lowest BCUT2D eigenvalue weighted by atomic mass is 10.1. The number of halogens is 3. The second-order valence-electron chi connectivity index (χ2n) is 8.68. The first-order chi connectivity index (χ1) is 17.3. The minimum Gasteiger partial charge on any atom is -0.497 e. The average molecular weight is 499 g/mol. The molecule has 0 aliphatic carbocycles. The molecule has 0 radical (unpaired) electrons. The molecule has 4 aromatic rings. The van der Waals surface area contributed by atoms with E-state index in [1.807, 2.05) is 37.3 Å². The fourth-order valence-electron chi connectivity index (χ4n) is 4.30. The molecule has 1 N–H and O–H groups in total. The molecule has 1 aliphatic rings. The van der Waals surface area contributed by atoms with Gasteiger partial charge in [-0.3, -0.25) is 4.68 Å². The molecular weight excluding hydrogens is 473 g/mol. The van der Waals surface area contributed by atoms with Gasteiger partial charge in [-0.1, -0.05) is 12.1 Å². The van der Waals surface area contributed by atoms with E-state index in [1.165, 1.54) is 0 Å². The number of fused-ring (bicyclic) bond motifs is 1. The van der Waals surface area contributed by atoms with Crippen LogP contribution in [0.25, 0.3) is 22.3 Å². The fourth-order valence-corrected chi connectivity index (χ4v) is 4.30. The second kappa shape index (κ2) is 9.73. The van der Waals surface area contributed by atoms with Gasteiger partial charge in [0.1, 0.15) is 29.3 Å². The van der Waals surface area contributed by atoms with Gasteiger partial charge in [-0.25, -0.2) is 15.0 Å². The topological polar surface area (TPSA) is 87.0 Å². The third kappa shape index (κ3) is 4.97. The van der Waals surface area contributed by atoms with E-state index in [0.717, 1.165) is 47.8 Å². The van der Waals surface area contributed by atoms with Crippen molar-refractivity contribution in [1.29, 1.82) is 0 Å². The van der Waals surface area contributed by atoms with Crippen LogP contribution in [-0.4, -0.2) is 51.1 Å². The molecule has 11 heteroatoms. The predicted octanol–water partition coefficient (Wildman–Crippen LogP) is 4.86. The van der Waals surface area contributed by atoms with E-state index in [9.17, 15) is 13.2 Å². The van der Waals surface area contributed by atoms with Gasteiger partial charge in [0.25, 0.3) is 0 Å². The lowest BCUT2D eigenvalue weighted by Crippen LogP contribution is -2.28. The molecule has 5 rings (SSSR count). The molecule has 0 saturated carbocycles. The van der Waals surface area contributed by atoms with Crippen LogP contribution in [0, 0.1) is 6.92 Å². The number of aryl methyl sites for hydroxylation is 1. The van der Waals surface area contributed by atoms with E-state index in [-0.39, 0.29) is 11.7 Å². The summed E-state index contributed by atoms with van der Waals surface area (Å²) in [6, 6.07) is 10.5. The number of hydrogen-bond donors (Lipinski definition) is 1. The molecule has 0 unspecified atom stereocenters. The highest BCUT2D eigenvalue weighted by Gasteiger charge is 2.33. The Hall–Kier alpha value is -3.73. The zero-order chi connectivity index (χ0) is 25.3. The quantitative estimate of drug-likeness (QED) is 0.406. The third-order valence-electron chi connectivity index (χ3n) is 6.12. The molecular formula is C25H25F3N6O2. The highest BCUT2D eigenvalue weighted by Crippen LogP contribution is 2.36. The number of rotatable bonds is 6. The maximum absolute atomic E-state index is 13.4. The van der Waals surface area contributed by atoms with Crippen molar-refractivity contribution >= 4 is 16.7 Å². The largest absolute Gasteiger partial charge is 0.497 e. The minimum atomic E-state index is -4.60. The summed E-state index contributed by atoms with van der Waals surface area (Å²) < 4.78 is 52.8. The number of nitrogens with zero attached hydrogens (tertiary/aromatic N) is 5. The van der Waals surface area contributed by atoms with E-state index in [2.05, 4.69) is 15.3 Å². The van der Waals surface area contributed by atoms with Crippen molar-refractivity contribution in [2.75, 3.05) is 25.6 Å². The maximum atomic E-state index is 13.4. The molecule has 36 heavy (non-hydrogen) atoms. The highest BCUT2D eigenvalue weighted by atomic mass is 19.4. The smallest absolute Gasteiger partial charge is 0.433 e. The first-order valence-corrected chi connectivity index (χ1v) is 11.6. The normalized spacial score (nSPS) is 14.8. The lowest BCUT2D eigenvalue weighted by Gasteiger charge is -2.24. The van der Waals surface area contributed by atoms with Crippen LogP contribution >= 0.6 is 0 Å². The van der Waals surface area contributed by atoms with Crippen molar-refractivity contribution in [3.8, 4) is 17.1 Å². The van der Waals surface area contributed by atoms with E-state index in [1.54, 1.807) is 11.8 Å². The van der Waals surface area contributed by atoms with Gasteiger partial charge in [-0.05, 0) is 49.6 Å². The Balaban J connectivity index is 1.65. The van der Waals surface area contributed by atoms with Crippen LogP contribution in [0.2, 0.25) is 0 Å². The van der Waals surface area contributed by atoms with Crippen LogP contribution < -0.4 is 10.1 Å². The van der Waals surface area contributed by atoms with Crippen LogP contribution in [0.3, 0.4) is 0 Å². The van der Waals surface area contributed by atoms with E-state index in [0.29, 0.717) is 36.7 Å². The molecule has 1 aliphatic heterocycles. The van der Waals surface area contributed by atoms with Crippen LogP contribution in [0.1, 0.15) is 29.8 Å². The number of pyridine rings is 1. The molecule has 4 heterocycles. The number of hydrogen-bond acceptors (Lipinski definition) is 7. The molecule has 1 aromatic carbocycles. The van der Waals surface area contributed by atoms with Gasteiger partial charge >= 0.3 is 6.18 Å². The van der Waals surface area contributed by atoms with Gasteiger partial charge in [0, 0.05) is 24.9 Å². The lowest BCUT2D eigenvalue weighted by molar-refractivity contribution is -0.141. The van der Waals surface area contributed by atoms with Crippen LogP contribution in [0.5, 0.6) is 5.75 Å². The number of aromatic nitrogens is 5. The summed E-state index contributed by atoms with van der Waals surface area (Å²) in [5.41, 5.74) is 1.83. The van der Waals surface area contributed by atoms with Crippen molar-refractivity contribution in [1.82, 2.24) is 24.7 Å². The Labute approximate surface area is 205 Å². The molecule has 8 nitrogen and oxygen atoms in total. The minimum absolute atomic E-state index is 0.0801. The van der Waals surface area contributed by atoms with Crippen molar-refractivity contribution in [3.63, 3.8) is 0 Å². The second-order valence-corrected chi connectivity index (χ2v) is 8.68. The third-order valence-corrected chi connectivity index (χ3v) is 6.12. The van der Waals surface area contributed by atoms with Gasteiger partial charge in [-0.2, -0.15) is 18.3 Å². The zero-order valence-electron chi connectivity index (χ0n) is 19.8. The molecule has 188 valence electrons. The Bertz CT molecular complexity index is 1360. The fraction of sp³-hybridized carbons (Fsp3) is 0.360. The summed E-state index contributed by atoms with van der Waals surface area (Å²) in [6.07, 6.45) is -2.08. The predicted molar refractivity (Wildman–Crippen MR) is 128 cm³/mol. The summed E-state index contributed by atoms with van der Waals surface area (Å²) in [7, 11) is 1.60. The summed E-state index contributed by atoms with van der Waals surface area (Å²) in [6.45, 7) is 3.55. The Morgan fingerprint density at radius 1 is 1.11 bits per heavy atom. The zero-order valence-corrected chi connectivity index (χ0v) is 19.8. The van der Waals surface area contributed by atoms with Crippen molar-refractivity contribution in [3.05, 3.63) is 59.7 Å². The molecule has 0 bridgehead atoms.